The van der Waals surface area contributed by atoms with Crippen LogP contribution in [0.15, 0.2) is 0 Å². The van der Waals surface area contributed by atoms with Crippen molar-refractivity contribution in [2.45, 2.75) is 46.2 Å². The molecule has 0 saturated heterocycles. The minimum Gasteiger partial charge on any atom is -0.481 e. The zero-order valence-electron chi connectivity index (χ0n) is 13.4. The number of carboxylic acids is 1. The number of urea groups is 1. The van der Waals surface area contributed by atoms with Gasteiger partial charge in [0.2, 0.25) is 0 Å². The summed E-state index contributed by atoms with van der Waals surface area (Å²) in [5.74, 6) is -0.527. The Balaban J connectivity index is 4.52. The van der Waals surface area contributed by atoms with Crippen LogP contribution in [0.4, 0.5) is 4.79 Å². The average Bonchev–Trinajstić information content (AvgIpc) is 2.25. The summed E-state index contributed by atoms with van der Waals surface area (Å²) in [6.07, 6.45) is -0.0644. The topological polar surface area (TPSA) is 81.7 Å². The quantitative estimate of drug-likeness (QED) is 0.630. The van der Waals surface area contributed by atoms with E-state index in [4.69, 9.17) is 5.11 Å². The van der Waals surface area contributed by atoms with Crippen LogP contribution < -0.4 is 10.6 Å². The lowest BCUT2D eigenvalue weighted by Gasteiger charge is -2.28. The molecule has 0 radical (unpaired) electrons. The van der Waals surface area contributed by atoms with Crippen molar-refractivity contribution in [1.82, 2.24) is 15.5 Å². The second-order valence-electron chi connectivity index (χ2n) is 6.18. The van der Waals surface area contributed by atoms with Gasteiger partial charge in [0.1, 0.15) is 0 Å². The highest BCUT2D eigenvalue weighted by atomic mass is 16.4. The van der Waals surface area contributed by atoms with Crippen molar-refractivity contribution in [1.29, 1.82) is 0 Å². The molecule has 3 N–H and O–H groups in total. The molecule has 0 saturated carbocycles. The molecule has 0 spiro atoms. The van der Waals surface area contributed by atoms with Gasteiger partial charge in [-0.25, -0.2) is 4.79 Å². The number of amides is 2. The highest BCUT2D eigenvalue weighted by Gasteiger charge is 2.22. The number of aliphatic carboxylic acids is 1. The lowest BCUT2D eigenvalue weighted by atomic mass is 10.0. The number of carbonyl (C=O) groups excluding carboxylic acids is 1. The molecule has 0 rings (SSSR count). The molecule has 0 heterocycles. The van der Waals surface area contributed by atoms with Crippen LogP contribution in [0.3, 0.4) is 0 Å². The minimum atomic E-state index is -0.905. The van der Waals surface area contributed by atoms with Gasteiger partial charge < -0.3 is 20.6 Å². The van der Waals surface area contributed by atoms with Gasteiger partial charge in [0.25, 0.3) is 0 Å². The Morgan fingerprint density at radius 3 is 1.80 bits per heavy atom. The molecule has 20 heavy (non-hydrogen) atoms. The Morgan fingerprint density at radius 1 is 1.00 bits per heavy atom. The molecule has 6 nitrogen and oxygen atoms in total. The maximum Gasteiger partial charge on any atom is 0.315 e. The van der Waals surface area contributed by atoms with Gasteiger partial charge in [0, 0.05) is 18.6 Å². The van der Waals surface area contributed by atoms with Crippen molar-refractivity contribution in [3.05, 3.63) is 0 Å². The zero-order valence-corrected chi connectivity index (χ0v) is 13.4. The van der Waals surface area contributed by atoms with E-state index in [9.17, 15) is 9.59 Å². The van der Waals surface area contributed by atoms with E-state index >= 15 is 0 Å². The molecule has 0 aromatic heterocycles. The summed E-state index contributed by atoms with van der Waals surface area (Å²) < 4.78 is 0. The third-order valence-electron chi connectivity index (χ3n) is 3.20. The molecular weight excluding hydrogens is 258 g/mol. The van der Waals surface area contributed by atoms with Crippen LogP contribution >= 0.6 is 0 Å². The van der Waals surface area contributed by atoms with Crippen LogP contribution in [0.5, 0.6) is 0 Å². The van der Waals surface area contributed by atoms with Gasteiger partial charge in [-0.1, -0.05) is 27.7 Å². The fourth-order valence-corrected chi connectivity index (χ4v) is 1.84. The fourth-order valence-electron chi connectivity index (χ4n) is 1.84. The normalized spacial score (nSPS) is 14.4. The summed E-state index contributed by atoms with van der Waals surface area (Å²) in [6.45, 7) is 8.63. The van der Waals surface area contributed by atoms with Gasteiger partial charge in [0.05, 0.1) is 6.42 Å². The third kappa shape index (κ3) is 7.99. The van der Waals surface area contributed by atoms with E-state index < -0.39 is 5.97 Å². The molecule has 0 bridgehead atoms. The predicted molar refractivity (Wildman–Crippen MR) is 79.7 cm³/mol. The van der Waals surface area contributed by atoms with Gasteiger partial charge >= 0.3 is 12.0 Å². The third-order valence-corrected chi connectivity index (χ3v) is 3.20. The maximum absolute atomic E-state index is 12.0. The Bertz CT molecular complexity index is 317. The summed E-state index contributed by atoms with van der Waals surface area (Å²) in [5, 5.41) is 14.5. The number of likely N-dealkylation sites (N-methyl/N-ethyl adjacent to an activating group) is 1. The van der Waals surface area contributed by atoms with Gasteiger partial charge in [-0.05, 0) is 25.9 Å². The number of hydrogen-bond acceptors (Lipinski definition) is 3. The Morgan fingerprint density at radius 2 is 1.45 bits per heavy atom. The Hall–Kier alpha value is -1.30. The van der Waals surface area contributed by atoms with E-state index in [1.165, 1.54) is 0 Å². The maximum atomic E-state index is 12.0. The van der Waals surface area contributed by atoms with Gasteiger partial charge in [-0.2, -0.15) is 0 Å². The minimum absolute atomic E-state index is 0.0302. The van der Waals surface area contributed by atoms with Gasteiger partial charge in [-0.15, -0.1) is 0 Å². The molecule has 118 valence electrons. The van der Waals surface area contributed by atoms with Crippen molar-refractivity contribution < 1.29 is 14.7 Å². The van der Waals surface area contributed by atoms with Crippen molar-refractivity contribution >= 4 is 12.0 Å². The molecule has 2 unspecified atom stereocenters. The number of nitrogens with one attached hydrogen (secondary N) is 2. The standard InChI is InChI=1S/C14H29N3O3/c1-9(2)11(7-13(18)19)15-14(20)16-12(10(3)4)8-17(5)6/h9-12H,7-8H2,1-6H3,(H,18,19)(H2,15,16,20). The highest BCUT2D eigenvalue weighted by Crippen LogP contribution is 2.07. The largest absolute Gasteiger partial charge is 0.481 e. The predicted octanol–water partition coefficient (Wildman–Crippen LogP) is 1.37. The first-order valence-electron chi connectivity index (χ1n) is 7.07. The van der Waals surface area contributed by atoms with Crippen LogP contribution in [0.25, 0.3) is 0 Å². The zero-order chi connectivity index (χ0) is 15.9. The number of carboxylic acid groups (broad SMARTS) is 1. The fraction of sp³-hybridized carbons (Fsp3) is 0.857. The van der Waals surface area contributed by atoms with Crippen molar-refractivity contribution in [3.63, 3.8) is 0 Å². The Labute approximate surface area is 121 Å². The molecule has 0 aliphatic carbocycles. The summed E-state index contributed by atoms with van der Waals surface area (Å²) in [5.41, 5.74) is 0. The number of rotatable bonds is 8. The average molecular weight is 287 g/mol. The van der Waals surface area contributed by atoms with Crippen molar-refractivity contribution in [2.75, 3.05) is 20.6 Å². The van der Waals surface area contributed by atoms with E-state index in [2.05, 4.69) is 10.6 Å². The van der Waals surface area contributed by atoms with E-state index in [1.54, 1.807) is 0 Å². The van der Waals surface area contributed by atoms with Crippen LogP contribution in [-0.2, 0) is 4.79 Å². The first kappa shape index (κ1) is 18.7. The first-order valence-corrected chi connectivity index (χ1v) is 7.07. The Kier molecular flexibility index (Phi) is 8.22. The van der Waals surface area contributed by atoms with Crippen LogP contribution in [-0.4, -0.2) is 54.7 Å². The molecule has 0 aromatic rings. The molecule has 0 fully saturated rings. The molecule has 0 aromatic carbocycles. The summed E-state index contributed by atoms with van der Waals surface area (Å²) in [7, 11) is 3.91. The van der Waals surface area contributed by atoms with Crippen LogP contribution in [0, 0.1) is 11.8 Å². The van der Waals surface area contributed by atoms with Crippen molar-refractivity contribution in [3.8, 4) is 0 Å². The molecule has 0 aliphatic rings. The van der Waals surface area contributed by atoms with E-state index in [-0.39, 0.29) is 30.5 Å². The second kappa shape index (κ2) is 8.79. The van der Waals surface area contributed by atoms with Crippen LogP contribution in [0.1, 0.15) is 34.1 Å². The smallest absolute Gasteiger partial charge is 0.315 e. The van der Waals surface area contributed by atoms with Gasteiger partial charge in [0.15, 0.2) is 0 Å². The second-order valence-corrected chi connectivity index (χ2v) is 6.18. The molecular formula is C14H29N3O3. The summed E-state index contributed by atoms with van der Waals surface area (Å²) in [6, 6.07) is -0.632. The lowest BCUT2D eigenvalue weighted by molar-refractivity contribution is -0.137. The van der Waals surface area contributed by atoms with E-state index in [1.807, 2.05) is 46.7 Å². The van der Waals surface area contributed by atoms with Crippen LogP contribution in [0.2, 0.25) is 0 Å². The number of nitrogens with zero attached hydrogens (tertiary/aromatic N) is 1. The highest BCUT2D eigenvalue weighted by molar-refractivity contribution is 5.76. The molecule has 2 atom stereocenters. The molecule has 6 heteroatoms. The summed E-state index contributed by atoms with van der Waals surface area (Å²) >= 11 is 0. The van der Waals surface area contributed by atoms with E-state index in [0.717, 1.165) is 6.54 Å². The van der Waals surface area contributed by atoms with Crippen molar-refractivity contribution in [2.24, 2.45) is 11.8 Å². The van der Waals surface area contributed by atoms with Gasteiger partial charge in [-0.3, -0.25) is 4.79 Å². The summed E-state index contributed by atoms with van der Waals surface area (Å²) in [4.78, 5) is 24.8. The molecule has 0 aliphatic heterocycles. The number of carbonyl (C=O) groups is 2. The first-order chi connectivity index (χ1) is 9.13. The van der Waals surface area contributed by atoms with E-state index in [0.29, 0.717) is 5.92 Å². The number of hydrogen-bond donors (Lipinski definition) is 3. The monoisotopic (exact) mass is 287 g/mol. The SMILES string of the molecule is CC(C)C(CC(=O)O)NC(=O)NC(CN(C)C)C(C)C. The lowest BCUT2D eigenvalue weighted by Crippen LogP contribution is -2.52. The molecule has 2 amide bonds.